The Morgan fingerprint density at radius 2 is 1.95 bits per heavy atom. The molecule has 0 aromatic heterocycles. The van der Waals surface area contributed by atoms with Crippen LogP contribution < -0.4 is 5.32 Å². The summed E-state index contributed by atoms with van der Waals surface area (Å²) in [7, 11) is 0. The normalized spacial score (nSPS) is 18.1. The first-order valence-corrected chi connectivity index (χ1v) is 6.82. The summed E-state index contributed by atoms with van der Waals surface area (Å²) in [6, 6.07) is 5.30. The number of benzene rings is 1. The summed E-state index contributed by atoms with van der Waals surface area (Å²) in [5.41, 5.74) is 2.84. The van der Waals surface area contributed by atoms with Gasteiger partial charge in [0.05, 0.1) is 6.54 Å². The Kier molecular flexibility index (Phi) is 6.18. The molecule has 1 aromatic carbocycles. The second-order valence-electron chi connectivity index (χ2n) is 5.28. The van der Waals surface area contributed by atoms with Crippen molar-refractivity contribution in [3.63, 3.8) is 0 Å². The first-order valence-electron chi connectivity index (χ1n) is 6.82. The van der Waals surface area contributed by atoms with Crippen LogP contribution in [0.1, 0.15) is 24.0 Å². The Bertz CT molecular complexity index is 513. The fourth-order valence-electron chi connectivity index (χ4n) is 2.67. The van der Waals surface area contributed by atoms with Crippen LogP contribution in [0.5, 0.6) is 0 Å². The van der Waals surface area contributed by atoms with Crippen LogP contribution in [0.25, 0.3) is 0 Å². The van der Waals surface area contributed by atoms with Crippen molar-refractivity contribution in [2.75, 3.05) is 18.4 Å². The Hall–Kier alpha value is -1.59. The van der Waals surface area contributed by atoms with E-state index >= 15 is 0 Å². The number of carboxylic acids is 1. The van der Waals surface area contributed by atoms with Gasteiger partial charge < -0.3 is 10.4 Å². The minimum absolute atomic E-state index is 0. The van der Waals surface area contributed by atoms with Crippen molar-refractivity contribution < 1.29 is 14.7 Å². The van der Waals surface area contributed by atoms with E-state index in [-0.39, 0.29) is 24.9 Å². The van der Waals surface area contributed by atoms with Gasteiger partial charge in [0.15, 0.2) is 0 Å². The average Bonchev–Trinajstić information content (AvgIpc) is 2.82. The first kappa shape index (κ1) is 17.5. The van der Waals surface area contributed by atoms with Crippen molar-refractivity contribution in [1.82, 2.24) is 4.90 Å². The number of carbonyl (C=O) groups excluding carboxylic acids is 1. The molecule has 5 nitrogen and oxygen atoms in total. The molecule has 1 atom stereocenters. The number of hydrogen-bond donors (Lipinski definition) is 2. The Balaban J connectivity index is 0.00000220. The highest BCUT2D eigenvalue weighted by Gasteiger charge is 2.31. The van der Waals surface area contributed by atoms with Crippen molar-refractivity contribution in [2.45, 2.75) is 32.7 Å². The molecule has 0 bridgehead atoms. The highest BCUT2D eigenvalue weighted by atomic mass is 35.5. The van der Waals surface area contributed by atoms with Crippen LogP contribution in [0.4, 0.5) is 5.69 Å². The van der Waals surface area contributed by atoms with Gasteiger partial charge >= 0.3 is 5.97 Å². The molecule has 6 heteroatoms. The molecule has 1 unspecified atom stereocenters. The maximum absolute atomic E-state index is 12.1. The molecule has 2 rings (SSSR count). The van der Waals surface area contributed by atoms with Crippen LogP contribution in [0.3, 0.4) is 0 Å². The molecule has 0 radical (unpaired) electrons. The molecule has 21 heavy (non-hydrogen) atoms. The third-order valence-corrected chi connectivity index (χ3v) is 3.74. The lowest BCUT2D eigenvalue weighted by molar-refractivity contribution is -0.142. The van der Waals surface area contributed by atoms with Gasteiger partial charge in [0.2, 0.25) is 5.91 Å². The summed E-state index contributed by atoms with van der Waals surface area (Å²) < 4.78 is 0. The quantitative estimate of drug-likeness (QED) is 0.894. The maximum atomic E-state index is 12.1. The Labute approximate surface area is 130 Å². The largest absolute Gasteiger partial charge is 0.480 e. The predicted octanol–water partition coefficient (Wildman–Crippen LogP) is 2.21. The van der Waals surface area contributed by atoms with Gasteiger partial charge in [-0.15, -0.1) is 12.4 Å². The average molecular weight is 313 g/mol. The fraction of sp³-hybridized carbons (Fsp3) is 0.467. The molecule has 1 fully saturated rings. The molecule has 0 saturated carbocycles. The van der Waals surface area contributed by atoms with Crippen LogP contribution in [0, 0.1) is 13.8 Å². The zero-order valence-corrected chi connectivity index (χ0v) is 13.1. The first-order chi connectivity index (χ1) is 9.49. The number of carbonyl (C=O) groups is 2. The van der Waals surface area contributed by atoms with E-state index in [0.29, 0.717) is 13.0 Å². The van der Waals surface area contributed by atoms with Crippen molar-refractivity contribution in [3.05, 3.63) is 29.3 Å². The van der Waals surface area contributed by atoms with E-state index in [9.17, 15) is 9.59 Å². The number of para-hydroxylation sites is 1. The second kappa shape index (κ2) is 7.43. The van der Waals surface area contributed by atoms with Gasteiger partial charge in [0, 0.05) is 5.69 Å². The summed E-state index contributed by atoms with van der Waals surface area (Å²) >= 11 is 0. The third-order valence-electron chi connectivity index (χ3n) is 3.74. The lowest BCUT2D eigenvalue weighted by Gasteiger charge is -2.21. The molecule has 116 valence electrons. The van der Waals surface area contributed by atoms with Crippen LogP contribution >= 0.6 is 12.4 Å². The van der Waals surface area contributed by atoms with Crippen molar-refractivity contribution in [2.24, 2.45) is 0 Å². The maximum Gasteiger partial charge on any atom is 0.320 e. The smallest absolute Gasteiger partial charge is 0.320 e. The van der Waals surface area contributed by atoms with E-state index < -0.39 is 12.0 Å². The highest BCUT2D eigenvalue weighted by molar-refractivity contribution is 5.94. The van der Waals surface area contributed by atoms with Gasteiger partial charge in [-0.25, -0.2) is 0 Å². The van der Waals surface area contributed by atoms with Gasteiger partial charge in [-0.1, -0.05) is 18.2 Å². The minimum atomic E-state index is -0.845. The molecule has 1 aromatic rings. The van der Waals surface area contributed by atoms with Crippen LogP contribution in [-0.2, 0) is 9.59 Å². The van der Waals surface area contributed by atoms with Gasteiger partial charge in [-0.05, 0) is 44.4 Å². The standard InChI is InChI=1S/C15H20N2O3.ClH/c1-10-5-3-6-11(2)14(10)16-13(18)9-17-8-4-7-12(17)15(19)20;/h3,5-6,12H,4,7-9H2,1-2H3,(H,16,18)(H,19,20);1H. The molecule has 1 saturated heterocycles. The number of anilines is 1. The van der Waals surface area contributed by atoms with E-state index in [0.717, 1.165) is 23.2 Å². The third kappa shape index (κ3) is 4.19. The summed E-state index contributed by atoms with van der Waals surface area (Å²) in [5.74, 6) is -1.00. The van der Waals surface area contributed by atoms with E-state index in [1.165, 1.54) is 0 Å². The van der Waals surface area contributed by atoms with E-state index in [1.807, 2.05) is 32.0 Å². The molecular weight excluding hydrogens is 292 g/mol. The zero-order valence-electron chi connectivity index (χ0n) is 12.3. The Morgan fingerprint density at radius 1 is 1.33 bits per heavy atom. The number of nitrogens with one attached hydrogen (secondary N) is 1. The van der Waals surface area contributed by atoms with E-state index in [2.05, 4.69) is 5.32 Å². The molecule has 0 aliphatic carbocycles. The number of nitrogens with zero attached hydrogens (tertiary/aromatic N) is 1. The number of hydrogen-bond acceptors (Lipinski definition) is 3. The number of likely N-dealkylation sites (tertiary alicyclic amines) is 1. The van der Waals surface area contributed by atoms with E-state index in [1.54, 1.807) is 4.90 Å². The SMILES string of the molecule is Cc1cccc(C)c1NC(=O)CN1CCCC1C(=O)O.Cl. The predicted molar refractivity (Wildman–Crippen MR) is 84.0 cm³/mol. The molecule has 1 aliphatic rings. The number of aryl methyl sites for hydroxylation is 2. The molecular formula is C15H21ClN2O3. The summed E-state index contributed by atoms with van der Waals surface area (Å²) in [4.78, 5) is 24.9. The zero-order chi connectivity index (χ0) is 14.7. The number of aliphatic carboxylic acids is 1. The summed E-state index contributed by atoms with van der Waals surface area (Å²) in [6.45, 7) is 4.68. The number of carboxylic acid groups (broad SMARTS) is 1. The molecule has 0 spiro atoms. The monoisotopic (exact) mass is 312 g/mol. The van der Waals surface area contributed by atoms with E-state index in [4.69, 9.17) is 5.11 Å². The molecule has 1 amide bonds. The second-order valence-corrected chi connectivity index (χ2v) is 5.28. The molecule has 2 N–H and O–H groups in total. The van der Waals surface area contributed by atoms with Gasteiger partial charge in [0.25, 0.3) is 0 Å². The lowest BCUT2D eigenvalue weighted by Crippen LogP contribution is -2.41. The van der Waals surface area contributed by atoms with Crippen LogP contribution in [-0.4, -0.2) is 41.0 Å². The molecule has 1 heterocycles. The number of rotatable bonds is 4. The van der Waals surface area contributed by atoms with Crippen LogP contribution in [0.15, 0.2) is 18.2 Å². The summed E-state index contributed by atoms with van der Waals surface area (Å²) in [5, 5.41) is 12.0. The minimum Gasteiger partial charge on any atom is -0.480 e. The lowest BCUT2D eigenvalue weighted by atomic mass is 10.1. The van der Waals surface area contributed by atoms with Crippen molar-refractivity contribution in [1.29, 1.82) is 0 Å². The number of halogens is 1. The van der Waals surface area contributed by atoms with Gasteiger partial charge in [-0.2, -0.15) is 0 Å². The van der Waals surface area contributed by atoms with Gasteiger partial charge in [-0.3, -0.25) is 14.5 Å². The van der Waals surface area contributed by atoms with Crippen LogP contribution in [0.2, 0.25) is 0 Å². The fourth-order valence-corrected chi connectivity index (χ4v) is 2.67. The number of amides is 1. The summed E-state index contributed by atoms with van der Waals surface area (Å²) in [6.07, 6.45) is 1.44. The van der Waals surface area contributed by atoms with Gasteiger partial charge in [0.1, 0.15) is 6.04 Å². The molecule has 1 aliphatic heterocycles. The highest BCUT2D eigenvalue weighted by Crippen LogP contribution is 2.20. The Morgan fingerprint density at radius 3 is 2.52 bits per heavy atom. The van der Waals surface area contributed by atoms with Crippen molar-refractivity contribution >= 4 is 30.0 Å². The van der Waals surface area contributed by atoms with Crippen molar-refractivity contribution in [3.8, 4) is 0 Å². The topological polar surface area (TPSA) is 69.6 Å².